The Morgan fingerprint density at radius 1 is 0.375 bits per heavy atom. The van der Waals surface area contributed by atoms with E-state index in [4.69, 9.17) is 0 Å². The summed E-state index contributed by atoms with van der Waals surface area (Å²) in [4.78, 5) is -0.247. The minimum atomic E-state index is -8.67. The summed E-state index contributed by atoms with van der Waals surface area (Å²) in [7, 11) is 0. The second kappa shape index (κ2) is 7.35. The molecule has 0 aliphatic rings. The van der Waals surface area contributed by atoms with E-state index >= 15 is 0 Å². The molecule has 0 bridgehead atoms. The molecule has 0 aromatic rings. The van der Waals surface area contributed by atoms with E-state index in [1.165, 1.54) is 0 Å². The van der Waals surface area contributed by atoms with Gasteiger partial charge in [0.15, 0.2) is 0 Å². The van der Waals surface area contributed by atoms with Crippen LogP contribution >= 0.6 is 0 Å². The van der Waals surface area contributed by atoms with Crippen molar-refractivity contribution in [3.05, 3.63) is 0 Å². The summed E-state index contributed by atoms with van der Waals surface area (Å²) in [6, 6.07) is -8.03. The number of nitrogens with zero attached hydrogens (tertiary/aromatic N) is 1. The predicted octanol–water partition coefficient (Wildman–Crippen LogP) is 6.88. The Morgan fingerprint density at radius 2 is 0.656 bits per heavy atom. The van der Waals surface area contributed by atoms with Crippen molar-refractivity contribution < 1.29 is 92.2 Å². The van der Waals surface area contributed by atoms with Crippen LogP contribution in [0.2, 0.25) is 0 Å². The fraction of sp³-hybridized carbons (Fsp3) is 0.900. The Balaban J connectivity index is 6.71. The van der Waals surface area contributed by atoms with Crippen molar-refractivity contribution in [3.63, 3.8) is 0 Å². The summed E-state index contributed by atoms with van der Waals surface area (Å²) >= 11 is 0. The first kappa shape index (κ1) is 30.2. The molecule has 0 saturated heterocycles. The molecule has 0 radical (unpaired) electrons. The van der Waals surface area contributed by atoms with Crippen molar-refractivity contribution in [1.82, 2.24) is 0 Å². The van der Waals surface area contributed by atoms with E-state index in [1.807, 2.05) is 0 Å². The molecule has 0 unspecified atom stereocenters. The van der Waals surface area contributed by atoms with Crippen LogP contribution in [0.3, 0.4) is 0 Å². The highest BCUT2D eigenvalue weighted by Gasteiger charge is 2.91. The van der Waals surface area contributed by atoms with Crippen LogP contribution in [-0.2, 0) is 0 Å². The van der Waals surface area contributed by atoms with Crippen LogP contribution in [0.4, 0.5) is 92.2 Å². The molecule has 0 saturated carbocycles. The molecule has 0 aliphatic heterocycles. The minimum Gasteiger partial charge on any atom is -0.192 e. The van der Waals surface area contributed by atoms with Gasteiger partial charge in [0.2, 0.25) is 0 Å². The molecule has 0 aliphatic carbocycles. The fourth-order valence-electron chi connectivity index (χ4n) is 1.33. The highest BCUT2D eigenvalue weighted by Crippen LogP contribution is 2.60. The van der Waals surface area contributed by atoms with Crippen LogP contribution in [-0.4, -0.2) is 59.9 Å². The topological polar surface area (TPSA) is 12.4 Å². The first-order valence-electron chi connectivity index (χ1n) is 6.42. The lowest BCUT2D eigenvalue weighted by Gasteiger charge is -2.38. The third-order valence-electron chi connectivity index (χ3n) is 3.16. The zero-order chi connectivity index (χ0) is 26.8. The zero-order valence-corrected chi connectivity index (χ0v) is 13.4. The van der Waals surface area contributed by atoms with Gasteiger partial charge in [-0.15, -0.1) is 0 Å². The van der Waals surface area contributed by atoms with Gasteiger partial charge < -0.3 is 0 Å². The van der Waals surface area contributed by atoms with Crippen LogP contribution < -0.4 is 0 Å². The Hall–Kier alpha value is -1.80. The van der Waals surface area contributed by atoms with Gasteiger partial charge in [-0.1, -0.05) is 0 Å². The molecule has 0 heterocycles. The van der Waals surface area contributed by atoms with Gasteiger partial charge in [0.25, 0.3) is 5.97 Å². The summed E-state index contributed by atoms with van der Waals surface area (Å²) in [5, 5.41) is 0. The van der Waals surface area contributed by atoms with Crippen molar-refractivity contribution >= 4 is 5.97 Å². The molecule has 0 aromatic heterocycles. The lowest BCUT2D eigenvalue weighted by Crippen LogP contribution is -2.70. The average Bonchev–Trinajstić information content (AvgIpc) is 2.51. The van der Waals surface area contributed by atoms with E-state index in [0.717, 1.165) is 0 Å². The van der Waals surface area contributed by atoms with Crippen molar-refractivity contribution in [2.45, 2.75) is 53.9 Å². The third kappa shape index (κ3) is 4.00. The zero-order valence-electron chi connectivity index (χ0n) is 13.4. The molecule has 0 N–H and O–H groups in total. The lowest BCUT2D eigenvalue weighted by atomic mass is 9.96. The molecule has 0 atom stereocenters. The predicted molar refractivity (Wildman–Crippen MR) is 55.3 cm³/mol. The molecule has 0 rings (SSSR count). The minimum absolute atomic E-state index is 0.247. The van der Waals surface area contributed by atoms with Gasteiger partial charge in [0.1, 0.15) is 0 Å². The molecule has 192 valence electrons. The largest absolute Gasteiger partial charge is 0.460 e. The number of rotatable bonds is 7. The molecular formula is C10F21N. The van der Waals surface area contributed by atoms with E-state index in [2.05, 4.69) is 0 Å². The van der Waals surface area contributed by atoms with Gasteiger partial charge in [0, 0.05) is 0 Å². The maximum atomic E-state index is 13.1. The van der Waals surface area contributed by atoms with Crippen LogP contribution in [0.15, 0.2) is 4.99 Å². The Morgan fingerprint density at radius 3 is 0.938 bits per heavy atom. The lowest BCUT2D eigenvalue weighted by molar-refractivity contribution is -0.439. The first-order valence-corrected chi connectivity index (χ1v) is 6.42. The second-order valence-corrected chi connectivity index (χ2v) is 5.39. The summed E-state index contributed by atoms with van der Waals surface area (Å²) in [5.74, 6) is -54.8. The Labute approximate surface area is 158 Å². The number of hydrogen-bond acceptors (Lipinski definition) is 1. The van der Waals surface area contributed by atoms with Crippen LogP contribution in [0.1, 0.15) is 0 Å². The molecule has 0 spiro atoms. The summed E-state index contributed by atoms with van der Waals surface area (Å²) in [6.07, 6.45) is -15.4. The quantitative estimate of drug-likeness (QED) is 0.192. The van der Waals surface area contributed by atoms with E-state index < -0.39 is 59.9 Å². The van der Waals surface area contributed by atoms with E-state index in [9.17, 15) is 92.2 Å². The summed E-state index contributed by atoms with van der Waals surface area (Å²) in [6.45, 7) is 0. The van der Waals surface area contributed by atoms with Crippen molar-refractivity contribution in [2.24, 2.45) is 4.99 Å². The fourth-order valence-corrected chi connectivity index (χ4v) is 1.33. The van der Waals surface area contributed by atoms with Crippen LogP contribution in [0, 0.1) is 0 Å². The SMILES string of the molecule is F/C(=N\C(F)(F)C(F)(F)C(F)(F)C(F)(F)C(F)(F)C(F)(F)F)C(F)(F)C(F)(F)C(F)(F)F. The maximum Gasteiger partial charge on any atom is 0.460 e. The highest BCUT2D eigenvalue weighted by atomic mass is 19.4. The Kier molecular flexibility index (Phi) is 6.94. The number of hydrogen-bond donors (Lipinski definition) is 0. The summed E-state index contributed by atoms with van der Waals surface area (Å²) < 4.78 is 262. The molecular weight excluding hydrogens is 533 g/mol. The van der Waals surface area contributed by atoms with Crippen molar-refractivity contribution in [3.8, 4) is 0 Å². The summed E-state index contributed by atoms with van der Waals surface area (Å²) in [5.41, 5.74) is 0. The van der Waals surface area contributed by atoms with E-state index in [1.54, 1.807) is 0 Å². The second-order valence-electron chi connectivity index (χ2n) is 5.39. The van der Waals surface area contributed by atoms with E-state index in [-0.39, 0.29) is 4.99 Å². The van der Waals surface area contributed by atoms with Crippen LogP contribution in [0.25, 0.3) is 0 Å². The van der Waals surface area contributed by atoms with Crippen molar-refractivity contribution in [2.75, 3.05) is 0 Å². The van der Waals surface area contributed by atoms with Gasteiger partial charge in [-0.25, -0.2) is 0 Å². The van der Waals surface area contributed by atoms with Gasteiger partial charge >= 0.3 is 53.9 Å². The van der Waals surface area contributed by atoms with Gasteiger partial charge in [-0.05, 0) is 0 Å². The molecule has 0 amide bonds. The smallest absolute Gasteiger partial charge is 0.192 e. The monoisotopic (exact) mass is 533 g/mol. The molecule has 32 heavy (non-hydrogen) atoms. The number of aliphatic imine (C=N–C) groups is 1. The molecule has 0 aromatic carbocycles. The molecule has 0 fully saturated rings. The van der Waals surface area contributed by atoms with Gasteiger partial charge in [0.05, 0.1) is 0 Å². The van der Waals surface area contributed by atoms with E-state index in [0.29, 0.717) is 0 Å². The van der Waals surface area contributed by atoms with Gasteiger partial charge in [-0.2, -0.15) is 97.2 Å². The first-order chi connectivity index (χ1) is 13.4. The van der Waals surface area contributed by atoms with Gasteiger partial charge in [-0.3, -0.25) is 0 Å². The maximum absolute atomic E-state index is 13.1. The number of halogens is 21. The van der Waals surface area contributed by atoms with Crippen LogP contribution in [0.5, 0.6) is 0 Å². The van der Waals surface area contributed by atoms with Crippen molar-refractivity contribution in [1.29, 1.82) is 0 Å². The third-order valence-corrected chi connectivity index (χ3v) is 3.16. The Bertz CT molecular complexity index is 720. The normalized spacial score (nSPS) is 17.1. The number of alkyl halides is 20. The average molecular weight is 533 g/mol. The highest BCUT2D eigenvalue weighted by molar-refractivity contribution is 5.84. The molecule has 22 heteroatoms. The molecule has 1 nitrogen and oxygen atoms in total. The standard InChI is InChI=1S/C10F21N/c11-1(2(12,13)3(14,15)8(24,25)26)32-10(30,31)7(22,23)5(18,19)4(16,17)6(20,21)9(27,28)29/b32-1-.